The van der Waals surface area contributed by atoms with Crippen molar-refractivity contribution in [2.24, 2.45) is 5.92 Å². The van der Waals surface area contributed by atoms with E-state index in [1.54, 1.807) is 18.2 Å². The first-order valence-electron chi connectivity index (χ1n) is 8.02. The second-order valence-corrected chi connectivity index (χ2v) is 7.37. The highest BCUT2D eigenvalue weighted by molar-refractivity contribution is 9.10. The van der Waals surface area contributed by atoms with Crippen LogP contribution in [-0.2, 0) is 0 Å². The predicted octanol–water partition coefficient (Wildman–Crippen LogP) is 3.02. The van der Waals surface area contributed by atoms with Gasteiger partial charge in [0.2, 0.25) is 0 Å². The summed E-state index contributed by atoms with van der Waals surface area (Å²) in [7, 11) is 0. The van der Waals surface area contributed by atoms with E-state index in [4.69, 9.17) is 0 Å². The number of carbonyl (C=O) groups excluding carboxylic acids is 1. The third-order valence-corrected chi connectivity index (χ3v) is 5.54. The molecule has 24 heavy (non-hydrogen) atoms. The van der Waals surface area contributed by atoms with Crippen molar-refractivity contribution in [2.75, 3.05) is 19.6 Å². The number of benzene rings is 1. The number of nitrogens with zero attached hydrogens (tertiary/aromatic N) is 3. The van der Waals surface area contributed by atoms with Gasteiger partial charge in [0.1, 0.15) is 0 Å². The van der Waals surface area contributed by atoms with Crippen molar-refractivity contribution in [2.45, 2.75) is 25.4 Å². The lowest BCUT2D eigenvalue weighted by atomic mass is 9.84. The molecule has 1 aromatic heterocycles. The van der Waals surface area contributed by atoms with E-state index in [1.807, 2.05) is 0 Å². The lowest BCUT2D eigenvalue weighted by Gasteiger charge is -2.44. The Kier molecular flexibility index (Phi) is 4.04. The van der Waals surface area contributed by atoms with Crippen LogP contribution in [-0.4, -0.2) is 46.3 Å². The Hall–Kier alpha value is -1.54. The maximum Gasteiger partial charge on any atom is 0.333 e. The van der Waals surface area contributed by atoms with Crippen LogP contribution in [0.4, 0.5) is 8.78 Å². The number of piperidine rings is 3. The number of fused-ring (bicyclic) bond motifs is 4. The molecule has 1 atom stereocenters. The predicted molar refractivity (Wildman–Crippen MR) is 89.1 cm³/mol. The van der Waals surface area contributed by atoms with Crippen LogP contribution in [0, 0.1) is 5.92 Å². The fourth-order valence-corrected chi connectivity index (χ4v) is 4.14. The average Bonchev–Trinajstić information content (AvgIpc) is 2.95. The summed E-state index contributed by atoms with van der Waals surface area (Å²) in [6, 6.07) is 5.00. The third kappa shape index (κ3) is 2.71. The van der Waals surface area contributed by atoms with Crippen LogP contribution in [0.2, 0.25) is 0 Å². The standard InChI is InChI=1S/C16H17BrF2N4O/c17-10-1-2-11-13(7-10)23(16(18)19)21-14(11)15(24)20-12-8-22-5-3-9(12)4-6-22/h1-2,7,9,12,16H,3-6,8H2,(H,20,24). The Morgan fingerprint density at radius 3 is 2.71 bits per heavy atom. The van der Waals surface area contributed by atoms with Crippen LogP contribution >= 0.6 is 15.9 Å². The molecule has 0 radical (unpaired) electrons. The molecule has 0 aliphatic carbocycles. The van der Waals surface area contributed by atoms with Crippen LogP contribution in [0.25, 0.3) is 10.9 Å². The van der Waals surface area contributed by atoms with E-state index in [0.29, 0.717) is 20.5 Å². The number of hydrogen-bond acceptors (Lipinski definition) is 3. The quantitative estimate of drug-likeness (QED) is 0.864. The van der Waals surface area contributed by atoms with Crippen molar-refractivity contribution in [3.8, 4) is 0 Å². The Balaban J connectivity index is 1.65. The molecule has 3 aliphatic heterocycles. The summed E-state index contributed by atoms with van der Waals surface area (Å²) >= 11 is 3.27. The molecule has 3 fully saturated rings. The first-order chi connectivity index (χ1) is 11.5. The minimum atomic E-state index is -2.79. The summed E-state index contributed by atoms with van der Waals surface area (Å²) in [6.45, 7) is 0.192. The Morgan fingerprint density at radius 1 is 1.33 bits per heavy atom. The maximum atomic E-state index is 13.2. The SMILES string of the molecule is O=C(NC1CN2CCC1CC2)c1nn(C(F)F)c2cc(Br)ccc12. The number of rotatable bonds is 3. The van der Waals surface area contributed by atoms with Crippen molar-refractivity contribution < 1.29 is 13.6 Å². The van der Waals surface area contributed by atoms with E-state index in [0.717, 1.165) is 32.5 Å². The van der Waals surface area contributed by atoms with E-state index in [9.17, 15) is 13.6 Å². The summed E-state index contributed by atoms with van der Waals surface area (Å²) in [5.41, 5.74) is 0.313. The number of amides is 1. The smallest absolute Gasteiger partial charge is 0.333 e. The van der Waals surface area contributed by atoms with Crippen LogP contribution in [0.15, 0.2) is 22.7 Å². The van der Waals surface area contributed by atoms with E-state index < -0.39 is 6.55 Å². The molecule has 5 rings (SSSR count). The molecular formula is C16H17BrF2N4O. The molecule has 1 aromatic carbocycles. The average molecular weight is 399 g/mol. The molecule has 1 unspecified atom stereocenters. The van der Waals surface area contributed by atoms with Gasteiger partial charge in [-0.15, -0.1) is 0 Å². The highest BCUT2D eigenvalue weighted by Gasteiger charge is 2.35. The number of carbonyl (C=O) groups is 1. The van der Waals surface area contributed by atoms with E-state index in [-0.39, 0.29) is 23.2 Å². The van der Waals surface area contributed by atoms with E-state index in [2.05, 4.69) is 31.2 Å². The minimum absolute atomic E-state index is 0.0641. The molecule has 0 saturated carbocycles. The molecule has 8 heteroatoms. The first-order valence-corrected chi connectivity index (χ1v) is 8.81. The van der Waals surface area contributed by atoms with E-state index >= 15 is 0 Å². The zero-order valence-electron chi connectivity index (χ0n) is 12.9. The van der Waals surface area contributed by atoms with Crippen LogP contribution in [0.3, 0.4) is 0 Å². The molecular weight excluding hydrogens is 382 g/mol. The molecule has 1 amide bonds. The van der Waals surface area contributed by atoms with Crippen LogP contribution in [0.5, 0.6) is 0 Å². The molecule has 3 aliphatic rings. The Morgan fingerprint density at radius 2 is 2.08 bits per heavy atom. The number of alkyl halides is 2. The molecule has 2 bridgehead atoms. The highest BCUT2D eigenvalue weighted by atomic mass is 79.9. The van der Waals surface area contributed by atoms with Gasteiger partial charge < -0.3 is 10.2 Å². The van der Waals surface area contributed by atoms with Gasteiger partial charge in [-0.25, -0.2) is 4.68 Å². The van der Waals surface area contributed by atoms with Crippen LogP contribution in [0.1, 0.15) is 29.9 Å². The van der Waals surface area contributed by atoms with Gasteiger partial charge in [0.15, 0.2) is 5.69 Å². The molecule has 128 valence electrons. The molecule has 2 aromatic rings. The highest BCUT2D eigenvalue weighted by Crippen LogP contribution is 2.29. The lowest BCUT2D eigenvalue weighted by molar-refractivity contribution is 0.0578. The van der Waals surface area contributed by atoms with Gasteiger partial charge in [-0.3, -0.25) is 4.79 Å². The molecule has 4 heterocycles. The molecule has 5 nitrogen and oxygen atoms in total. The van der Waals surface area contributed by atoms with Gasteiger partial charge in [0.25, 0.3) is 5.91 Å². The van der Waals surface area contributed by atoms with Crippen molar-refractivity contribution in [1.29, 1.82) is 0 Å². The number of aromatic nitrogens is 2. The van der Waals surface area contributed by atoms with Gasteiger partial charge in [0, 0.05) is 22.4 Å². The largest absolute Gasteiger partial charge is 0.346 e. The number of nitrogens with one attached hydrogen (secondary N) is 1. The summed E-state index contributed by atoms with van der Waals surface area (Å²) < 4.78 is 27.7. The summed E-state index contributed by atoms with van der Waals surface area (Å²) in [5.74, 6) is 0.0945. The minimum Gasteiger partial charge on any atom is -0.346 e. The fourth-order valence-electron chi connectivity index (χ4n) is 3.79. The third-order valence-electron chi connectivity index (χ3n) is 5.04. The molecule has 3 saturated heterocycles. The topological polar surface area (TPSA) is 50.2 Å². The second-order valence-electron chi connectivity index (χ2n) is 6.45. The fraction of sp³-hybridized carbons (Fsp3) is 0.500. The number of halogens is 3. The molecule has 1 N–H and O–H groups in total. The summed E-state index contributed by atoms with van der Waals surface area (Å²) in [4.78, 5) is 15.0. The van der Waals surface area contributed by atoms with Gasteiger partial charge in [-0.05, 0) is 50.0 Å². The van der Waals surface area contributed by atoms with Crippen molar-refractivity contribution in [1.82, 2.24) is 20.0 Å². The second kappa shape index (κ2) is 6.07. The van der Waals surface area contributed by atoms with Crippen molar-refractivity contribution in [3.05, 3.63) is 28.4 Å². The normalized spacial score (nSPS) is 26.2. The zero-order chi connectivity index (χ0) is 16.8. The van der Waals surface area contributed by atoms with Gasteiger partial charge in [-0.2, -0.15) is 13.9 Å². The molecule has 0 spiro atoms. The number of hydrogen-bond donors (Lipinski definition) is 1. The van der Waals surface area contributed by atoms with E-state index in [1.165, 1.54) is 0 Å². The van der Waals surface area contributed by atoms with Crippen molar-refractivity contribution in [3.63, 3.8) is 0 Å². The zero-order valence-corrected chi connectivity index (χ0v) is 14.5. The summed E-state index contributed by atoms with van der Waals surface area (Å²) in [5, 5.41) is 7.33. The lowest BCUT2D eigenvalue weighted by Crippen LogP contribution is -2.57. The van der Waals surface area contributed by atoms with Gasteiger partial charge in [-0.1, -0.05) is 15.9 Å². The summed E-state index contributed by atoms with van der Waals surface area (Å²) in [6.07, 6.45) is 2.15. The Bertz CT molecular complexity index is 786. The Labute approximate surface area is 146 Å². The van der Waals surface area contributed by atoms with Gasteiger partial charge in [0.05, 0.1) is 5.52 Å². The monoisotopic (exact) mass is 398 g/mol. The van der Waals surface area contributed by atoms with Gasteiger partial charge >= 0.3 is 6.55 Å². The first kappa shape index (κ1) is 16.0. The van der Waals surface area contributed by atoms with Crippen molar-refractivity contribution >= 4 is 32.7 Å². The maximum absolute atomic E-state index is 13.2. The van der Waals surface area contributed by atoms with Crippen LogP contribution < -0.4 is 5.32 Å².